The van der Waals surface area contributed by atoms with Gasteiger partial charge in [-0.2, -0.15) is 0 Å². The van der Waals surface area contributed by atoms with Crippen molar-refractivity contribution in [2.45, 2.75) is 32.0 Å². The molecule has 0 spiro atoms. The molecule has 0 fully saturated rings. The van der Waals surface area contributed by atoms with E-state index in [0.717, 1.165) is 16.7 Å². The first kappa shape index (κ1) is 31.2. The second-order valence-corrected chi connectivity index (χ2v) is 11.0. The van der Waals surface area contributed by atoms with Gasteiger partial charge in [-0.3, -0.25) is 9.59 Å². The van der Waals surface area contributed by atoms with Gasteiger partial charge in [0, 0.05) is 34.6 Å². The summed E-state index contributed by atoms with van der Waals surface area (Å²) in [6.07, 6.45) is 0.363. The predicted molar refractivity (Wildman–Crippen MR) is 167 cm³/mol. The van der Waals surface area contributed by atoms with Crippen LogP contribution < -0.4 is 14.8 Å². The molecule has 0 radical (unpaired) electrons. The molecule has 0 saturated heterocycles. The number of nitrogens with one attached hydrogen (secondary N) is 1. The van der Waals surface area contributed by atoms with Crippen molar-refractivity contribution in [2.24, 2.45) is 0 Å². The summed E-state index contributed by atoms with van der Waals surface area (Å²) in [6.45, 7) is 0.384. The molecule has 0 aromatic heterocycles. The minimum Gasteiger partial charge on any atom is -0.493 e. The molecular weight excluding hydrogens is 595 g/mol. The van der Waals surface area contributed by atoms with E-state index >= 15 is 0 Å². The number of ether oxygens (including phenoxy) is 2. The molecule has 4 aromatic rings. The van der Waals surface area contributed by atoms with Crippen LogP contribution in [0.4, 0.5) is 0 Å². The molecule has 0 aliphatic carbocycles. The summed E-state index contributed by atoms with van der Waals surface area (Å²) >= 11 is 18.5. The minimum atomic E-state index is -0.818. The Morgan fingerprint density at radius 2 is 1.43 bits per heavy atom. The highest BCUT2D eigenvalue weighted by Gasteiger charge is 2.30. The predicted octanol–water partition coefficient (Wildman–Crippen LogP) is 7.16. The Morgan fingerprint density at radius 1 is 0.762 bits per heavy atom. The number of carbonyl (C=O) groups is 2. The van der Waals surface area contributed by atoms with Gasteiger partial charge in [0.25, 0.3) is 0 Å². The third kappa shape index (κ3) is 8.41. The lowest BCUT2D eigenvalue weighted by Crippen LogP contribution is -2.50. The van der Waals surface area contributed by atoms with Crippen LogP contribution in [0.3, 0.4) is 0 Å². The minimum absolute atomic E-state index is 0.0511. The number of benzene rings is 4. The zero-order chi connectivity index (χ0) is 30.1. The Kier molecular flexibility index (Phi) is 11.1. The van der Waals surface area contributed by atoms with Crippen LogP contribution in [0.1, 0.15) is 22.3 Å². The van der Waals surface area contributed by atoms with Crippen LogP contribution in [0, 0.1) is 0 Å². The topological polar surface area (TPSA) is 67.9 Å². The van der Waals surface area contributed by atoms with E-state index in [1.165, 1.54) is 0 Å². The molecule has 6 nitrogen and oxygen atoms in total. The molecule has 1 atom stereocenters. The van der Waals surface area contributed by atoms with Crippen LogP contribution in [-0.4, -0.2) is 37.0 Å². The molecule has 9 heteroatoms. The Balaban J connectivity index is 1.67. The molecule has 0 saturated carbocycles. The van der Waals surface area contributed by atoms with Crippen molar-refractivity contribution in [3.05, 3.63) is 128 Å². The van der Waals surface area contributed by atoms with Crippen molar-refractivity contribution < 1.29 is 19.1 Å². The van der Waals surface area contributed by atoms with E-state index in [4.69, 9.17) is 44.3 Å². The fourth-order valence-corrected chi connectivity index (χ4v) is 5.17. The summed E-state index contributed by atoms with van der Waals surface area (Å²) in [7, 11) is 3.10. The van der Waals surface area contributed by atoms with Crippen LogP contribution >= 0.6 is 34.8 Å². The van der Waals surface area contributed by atoms with E-state index in [0.29, 0.717) is 38.6 Å². The number of rotatable bonds is 12. The van der Waals surface area contributed by atoms with Gasteiger partial charge in [-0.15, -0.1) is 0 Å². The second kappa shape index (κ2) is 15.0. The molecule has 1 N–H and O–H groups in total. The maximum absolute atomic E-state index is 14.1. The molecule has 4 rings (SSSR count). The van der Waals surface area contributed by atoms with Gasteiger partial charge in [0.1, 0.15) is 6.04 Å². The number of halogens is 3. The highest BCUT2D eigenvalue weighted by atomic mass is 35.5. The van der Waals surface area contributed by atoms with E-state index in [9.17, 15) is 9.59 Å². The summed E-state index contributed by atoms with van der Waals surface area (Å²) in [5.74, 6) is 0.552. The van der Waals surface area contributed by atoms with E-state index in [-0.39, 0.29) is 31.3 Å². The van der Waals surface area contributed by atoms with Crippen LogP contribution in [0.5, 0.6) is 11.5 Å². The third-order valence-electron chi connectivity index (χ3n) is 6.81. The number of methoxy groups -OCH3 is 2. The standard InChI is InChI=1S/C33H31Cl3N2O4/c1-41-30-15-10-24(17-31(30)42-2)18-32(39)38(21-23-8-12-26(34)13-9-23)29(16-22-6-4-3-5-7-22)33(40)37-20-25-11-14-27(35)19-28(25)36/h3-15,17,19,29H,16,18,20-21H2,1-2H3,(H,37,40)/t29-/m1/s1. The number of carbonyl (C=O) groups excluding carboxylic acids is 2. The average molecular weight is 626 g/mol. The van der Waals surface area contributed by atoms with Crippen molar-refractivity contribution in [2.75, 3.05) is 14.2 Å². The van der Waals surface area contributed by atoms with Gasteiger partial charge < -0.3 is 19.7 Å². The van der Waals surface area contributed by atoms with Gasteiger partial charge in [-0.25, -0.2) is 0 Å². The molecule has 0 unspecified atom stereocenters. The van der Waals surface area contributed by atoms with Gasteiger partial charge >= 0.3 is 0 Å². The third-order valence-corrected chi connectivity index (χ3v) is 7.65. The summed E-state index contributed by atoms with van der Waals surface area (Å²) in [5, 5.41) is 4.53. The summed E-state index contributed by atoms with van der Waals surface area (Å²) in [6, 6.07) is 26.5. The van der Waals surface area contributed by atoms with Crippen molar-refractivity contribution in [1.29, 1.82) is 0 Å². The van der Waals surface area contributed by atoms with E-state index in [2.05, 4.69) is 5.32 Å². The zero-order valence-electron chi connectivity index (χ0n) is 23.3. The van der Waals surface area contributed by atoms with E-state index < -0.39 is 6.04 Å². The monoisotopic (exact) mass is 624 g/mol. The lowest BCUT2D eigenvalue weighted by atomic mass is 10.0. The fraction of sp³-hybridized carbons (Fsp3) is 0.212. The Hall–Kier alpha value is -3.71. The number of hydrogen-bond acceptors (Lipinski definition) is 4. The molecule has 2 amide bonds. The Bertz CT molecular complexity index is 1510. The lowest BCUT2D eigenvalue weighted by molar-refractivity contribution is -0.140. The Morgan fingerprint density at radius 3 is 2.10 bits per heavy atom. The van der Waals surface area contributed by atoms with Crippen LogP contribution in [0.25, 0.3) is 0 Å². The van der Waals surface area contributed by atoms with Crippen LogP contribution in [0.15, 0.2) is 91.0 Å². The first-order chi connectivity index (χ1) is 20.3. The van der Waals surface area contributed by atoms with E-state index in [1.807, 2.05) is 48.5 Å². The maximum atomic E-state index is 14.1. The number of amides is 2. The molecule has 0 aliphatic rings. The maximum Gasteiger partial charge on any atom is 0.243 e. The quantitative estimate of drug-likeness (QED) is 0.181. The highest BCUT2D eigenvalue weighted by molar-refractivity contribution is 6.35. The highest BCUT2D eigenvalue weighted by Crippen LogP contribution is 2.28. The van der Waals surface area contributed by atoms with Gasteiger partial charge in [-0.05, 0) is 58.7 Å². The molecule has 0 heterocycles. The molecule has 42 heavy (non-hydrogen) atoms. The molecule has 0 aliphatic heterocycles. The first-order valence-corrected chi connectivity index (χ1v) is 14.4. The molecule has 0 bridgehead atoms. The zero-order valence-corrected chi connectivity index (χ0v) is 25.5. The summed E-state index contributed by atoms with van der Waals surface area (Å²) < 4.78 is 10.8. The first-order valence-electron chi connectivity index (χ1n) is 13.3. The van der Waals surface area contributed by atoms with Crippen molar-refractivity contribution >= 4 is 46.6 Å². The van der Waals surface area contributed by atoms with Crippen LogP contribution in [-0.2, 0) is 35.5 Å². The van der Waals surface area contributed by atoms with Gasteiger partial charge in [0.05, 0.1) is 20.6 Å². The molecule has 218 valence electrons. The second-order valence-electron chi connectivity index (χ2n) is 9.67. The summed E-state index contributed by atoms with van der Waals surface area (Å²) in [4.78, 5) is 29.6. The number of nitrogens with zero attached hydrogens (tertiary/aromatic N) is 1. The molecular formula is C33H31Cl3N2O4. The largest absolute Gasteiger partial charge is 0.493 e. The van der Waals surface area contributed by atoms with Crippen molar-refractivity contribution in [3.8, 4) is 11.5 Å². The normalized spacial score (nSPS) is 11.5. The van der Waals surface area contributed by atoms with E-state index in [1.54, 1.807) is 61.6 Å². The van der Waals surface area contributed by atoms with Crippen molar-refractivity contribution in [1.82, 2.24) is 10.2 Å². The SMILES string of the molecule is COc1ccc(CC(=O)N(Cc2ccc(Cl)cc2)[C@H](Cc2ccccc2)C(=O)NCc2ccc(Cl)cc2Cl)cc1OC. The van der Waals surface area contributed by atoms with Gasteiger partial charge in [0.15, 0.2) is 11.5 Å². The molecule has 4 aromatic carbocycles. The summed E-state index contributed by atoms with van der Waals surface area (Å²) in [5.41, 5.74) is 3.20. The average Bonchev–Trinajstić information content (AvgIpc) is 2.99. The smallest absolute Gasteiger partial charge is 0.243 e. The number of hydrogen-bond donors (Lipinski definition) is 1. The lowest BCUT2D eigenvalue weighted by Gasteiger charge is -2.32. The van der Waals surface area contributed by atoms with Crippen molar-refractivity contribution in [3.63, 3.8) is 0 Å². The Labute approximate surface area is 261 Å². The van der Waals surface area contributed by atoms with Gasteiger partial charge in [0.2, 0.25) is 11.8 Å². The van der Waals surface area contributed by atoms with Crippen LogP contribution in [0.2, 0.25) is 15.1 Å². The van der Waals surface area contributed by atoms with Gasteiger partial charge in [-0.1, -0.05) is 89.4 Å². The fourth-order valence-electron chi connectivity index (χ4n) is 4.57.